The molecule has 0 aromatic heterocycles. The summed E-state index contributed by atoms with van der Waals surface area (Å²) >= 11 is 6.03. The lowest BCUT2D eigenvalue weighted by Gasteiger charge is -2.49. The lowest BCUT2D eigenvalue weighted by molar-refractivity contribution is -0.384. The third kappa shape index (κ3) is 5.47. The van der Waals surface area contributed by atoms with Gasteiger partial charge in [0.25, 0.3) is 5.69 Å². The first-order chi connectivity index (χ1) is 15.8. The quantitative estimate of drug-likeness (QED) is 0.482. The second-order valence-electron chi connectivity index (χ2n) is 9.48. The first kappa shape index (κ1) is 23.5. The van der Waals surface area contributed by atoms with Crippen LogP contribution in [0.2, 0.25) is 5.02 Å². The topological polar surface area (TPSA) is 78.7 Å². The standard InChI is InChI=1S/C25H31ClN4O3/c1-17(2)9-10-27-25(31)22-14-19-13-21(30(32)33)7-8-23(19)29-12-11-28(16-24(22)29)15-18-3-5-20(26)6-4-18/h3-8,13,17,22,24H,9-12,14-16H2,1-2H3,(H,27,31)/t22-,24+/m1/s1. The van der Waals surface area contributed by atoms with E-state index in [-0.39, 0.29) is 28.5 Å². The number of fused-ring (bicyclic) bond motifs is 3. The van der Waals surface area contributed by atoms with Crippen molar-refractivity contribution in [2.75, 3.05) is 31.1 Å². The minimum atomic E-state index is -0.367. The van der Waals surface area contributed by atoms with E-state index in [1.54, 1.807) is 12.1 Å². The number of benzene rings is 2. The van der Waals surface area contributed by atoms with Gasteiger partial charge in [-0.2, -0.15) is 0 Å². The molecule has 7 nitrogen and oxygen atoms in total. The third-order valence-electron chi connectivity index (χ3n) is 6.67. The maximum Gasteiger partial charge on any atom is 0.269 e. The van der Waals surface area contributed by atoms with E-state index in [0.29, 0.717) is 18.9 Å². The Kier molecular flexibility index (Phi) is 7.20. The van der Waals surface area contributed by atoms with Crippen LogP contribution in [-0.2, 0) is 17.8 Å². The lowest BCUT2D eigenvalue weighted by Crippen LogP contribution is -2.60. The van der Waals surface area contributed by atoms with Gasteiger partial charge < -0.3 is 10.2 Å². The fourth-order valence-electron chi connectivity index (χ4n) is 4.89. The highest BCUT2D eigenvalue weighted by molar-refractivity contribution is 6.30. The van der Waals surface area contributed by atoms with Gasteiger partial charge in [-0.1, -0.05) is 37.6 Å². The molecule has 2 atom stereocenters. The van der Waals surface area contributed by atoms with Crippen LogP contribution < -0.4 is 10.2 Å². The van der Waals surface area contributed by atoms with E-state index in [1.165, 1.54) is 5.56 Å². The highest BCUT2D eigenvalue weighted by atomic mass is 35.5. The summed E-state index contributed by atoms with van der Waals surface area (Å²) in [5.41, 5.74) is 3.17. The number of nitro groups is 1. The van der Waals surface area contributed by atoms with Crippen LogP contribution in [0.4, 0.5) is 11.4 Å². The van der Waals surface area contributed by atoms with E-state index in [9.17, 15) is 14.9 Å². The zero-order valence-corrected chi connectivity index (χ0v) is 19.9. The van der Waals surface area contributed by atoms with Crippen molar-refractivity contribution in [3.63, 3.8) is 0 Å². The van der Waals surface area contributed by atoms with Crippen molar-refractivity contribution < 1.29 is 9.72 Å². The molecule has 0 bridgehead atoms. The van der Waals surface area contributed by atoms with Crippen molar-refractivity contribution in [1.29, 1.82) is 0 Å². The van der Waals surface area contributed by atoms with Crippen molar-refractivity contribution in [3.05, 3.63) is 68.7 Å². The number of nitro benzene ring substituents is 1. The Balaban J connectivity index is 1.56. The monoisotopic (exact) mass is 470 g/mol. The number of nitrogens with zero attached hydrogens (tertiary/aromatic N) is 3. The Morgan fingerprint density at radius 1 is 1.21 bits per heavy atom. The molecule has 2 aliphatic rings. The third-order valence-corrected chi connectivity index (χ3v) is 6.92. The molecule has 0 spiro atoms. The molecule has 1 N–H and O–H groups in total. The van der Waals surface area contributed by atoms with Crippen molar-refractivity contribution in [2.24, 2.45) is 11.8 Å². The molecule has 1 amide bonds. The first-order valence-corrected chi connectivity index (χ1v) is 12.0. The van der Waals surface area contributed by atoms with E-state index in [2.05, 4.69) is 29.0 Å². The highest BCUT2D eigenvalue weighted by Gasteiger charge is 2.41. The highest BCUT2D eigenvalue weighted by Crippen LogP contribution is 2.38. The van der Waals surface area contributed by atoms with E-state index < -0.39 is 0 Å². The molecule has 0 unspecified atom stereocenters. The molecule has 4 rings (SSSR count). The Bertz CT molecular complexity index is 1010. The van der Waals surface area contributed by atoms with Crippen LogP contribution >= 0.6 is 11.6 Å². The molecule has 33 heavy (non-hydrogen) atoms. The lowest BCUT2D eigenvalue weighted by atomic mass is 9.83. The predicted molar refractivity (Wildman–Crippen MR) is 131 cm³/mol. The van der Waals surface area contributed by atoms with Crippen LogP contribution in [0, 0.1) is 22.0 Å². The van der Waals surface area contributed by atoms with Crippen LogP contribution in [0.25, 0.3) is 0 Å². The summed E-state index contributed by atoms with van der Waals surface area (Å²) < 4.78 is 0. The Morgan fingerprint density at radius 3 is 2.67 bits per heavy atom. The number of non-ortho nitro benzene ring substituents is 1. The summed E-state index contributed by atoms with van der Waals surface area (Å²) in [4.78, 5) is 28.9. The molecule has 176 valence electrons. The number of piperazine rings is 1. The number of anilines is 1. The van der Waals surface area contributed by atoms with E-state index >= 15 is 0 Å². The molecule has 1 fully saturated rings. The number of carbonyl (C=O) groups is 1. The molecule has 1 saturated heterocycles. The molecule has 0 aliphatic carbocycles. The smallest absolute Gasteiger partial charge is 0.269 e. The largest absolute Gasteiger partial charge is 0.365 e. The molecule has 2 aliphatic heterocycles. The van der Waals surface area contributed by atoms with Crippen molar-refractivity contribution >= 4 is 28.9 Å². The molecule has 0 radical (unpaired) electrons. The maximum atomic E-state index is 13.3. The number of nitrogens with one attached hydrogen (secondary N) is 1. The fourth-order valence-corrected chi connectivity index (χ4v) is 5.02. The van der Waals surface area contributed by atoms with E-state index in [4.69, 9.17) is 11.6 Å². The molecule has 8 heteroatoms. The summed E-state index contributed by atoms with van der Waals surface area (Å²) in [6, 6.07) is 13.0. The Labute approximate surface area is 199 Å². The number of hydrogen-bond acceptors (Lipinski definition) is 5. The van der Waals surface area contributed by atoms with Crippen LogP contribution in [0.1, 0.15) is 31.4 Å². The summed E-state index contributed by atoms with van der Waals surface area (Å²) in [7, 11) is 0. The van der Waals surface area contributed by atoms with Gasteiger partial charge in [-0.25, -0.2) is 0 Å². The number of hydrogen-bond donors (Lipinski definition) is 1. The van der Waals surface area contributed by atoms with Gasteiger partial charge in [0.1, 0.15) is 0 Å². The van der Waals surface area contributed by atoms with Gasteiger partial charge in [-0.3, -0.25) is 19.8 Å². The molecule has 2 heterocycles. The second-order valence-corrected chi connectivity index (χ2v) is 9.91. The molecular formula is C25H31ClN4O3. The summed E-state index contributed by atoms with van der Waals surface area (Å²) in [5.74, 6) is 0.303. The number of carbonyl (C=O) groups excluding carboxylic acids is 1. The average Bonchev–Trinajstić information content (AvgIpc) is 2.79. The van der Waals surface area contributed by atoms with Crippen molar-refractivity contribution in [2.45, 2.75) is 39.3 Å². The van der Waals surface area contributed by atoms with E-state index in [0.717, 1.165) is 48.9 Å². The first-order valence-electron chi connectivity index (χ1n) is 11.6. The van der Waals surface area contributed by atoms with Gasteiger partial charge in [0.15, 0.2) is 0 Å². The van der Waals surface area contributed by atoms with Crippen LogP contribution in [-0.4, -0.2) is 48.0 Å². The van der Waals surface area contributed by atoms with Gasteiger partial charge in [-0.15, -0.1) is 0 Å². The van der Waals surface area contributed by atoms with Crippen LogP contribution in [0.3, 0.4) is 0 Å². The molecule has 0 saturated carbocycles. The van der Waals surface area contributed by atoms with Crippen LogP contribution in [0.5, 0.6) is 0 Å². The second kappa shape index (κ2) is 10.1. The summed E-state index contributed by atoms with van der Waals surface area (Å²) in [6.07, 6.45) is 1.44. The average molecular weight is 471 g/mol. The minimum Gasteiger partial charge on any atom is -0.365 e. The van der Waals surface area contributed by atoms with Gasteiger partial charge in [-0.05, 0) is 48.1 Å². The summed E-state index contributed by atoms with van der Waals surface area (Å²) in [6.45, 7) is 8.13. The van der Waals surface area contributed by atoms with Gasteiger partial charge in [0, 0.05) is 55.6 Å². The van der Waals surface area contributed by atoms with Crippen LogP contribution in [0.15, 0.2) is 42.5 Å². The number of halogens is 1. The predicted octanol–water partition coefficient (Wildman–Crippen LogP) is 4.27. The molecular weight excluding hydrogens is 440 g/mol. The molecule has 2 aromatic carbocycles. The van der Waals surface area contributed by atoms with Gasteiger partial charge in [0.2, 0.25) is 5.91 Å². The molecule has 2 aromatic rings. The fraction of sp³-hybridized carbons (Fsp3) is 0.480. The Morgan fingerprint density at radius 2 is 1.97 bits per heavy atom. The Hall–Kier alpha value is -2.64. The summed E-state index contributed by atoms with van der Waals surface area (Å²) in [5, 5.41) is 15.2. The number of rotatable bonds is 7. The van der Waals surface area contributed by atoms with Gasteiger partial charge in [0.05, 0.1) is 16.9 Å². The van der Waals surface area contributed by atoms with Gasteiger partial charge >= 0.3 is 0 Å². The number of amides is 1. The van der Waals surface area contributed by atoms with E-state index in [1.807, 2.05) is 30.3 Å². The zero-order chi connectivity index (χ0) is 23.5. The van der Waals surface area contributed by atoms with Crippen molar-refractivity contribution in [3.8, 4) is 0 Å². The minimum absolute atomic E-state index is 0.0269. The zero-order valence-electron chi connectivity index (χ0n) is 19.2. The SMILES string of the molecule is CC(C)CCNC(=O)[C@@H]1Cc2cc([N+](=O)[O-])ccc2N2CCN(Cc3ccc(Cl)cc3)C[C@@H]12. The van der Waals surface area contributed by atoms with Crippen molar-refractivity contribution in [1.82, 2.24) is 10.2 Å². The maximum absolute atomic E-state index is 13.3. The normalized spacial score (nSPS) is 20.3.